The van der Waals surface area contributed by atoms with Crippen LogP contribution in [0.15, 0.2) is 0 Å². The molecule has 2 atom stereocenters. The minimum absolute atomic E-state index is 0.466. The Hall–Kier alpha value is -0.0800. The van der Waals surface area contributed by atoms with Crippen LogP contribution >= 0.6 is 0 Å². The van der Waals surface area contributed by atoms with Crippen molar-refractivity contribution in [2.75, 3.05) is 6.54 Å². The van der Waals surface area contributed by atoms with Crippen LogP contribution in [0, 0.1) is 5.92 Å². The molecule has 1 aliphatic carbocycles. The van der Waals surface area contributed by atoms with Crippen LogP contribution in [0.1, 0.15) is 44.9 Å². The zero-order valence-electron chi connectivity index (χ0n) is 8.47. The van der Waals surface area contributed by atoms with Crippen LogP contribution in [0.4, 0.5) is 0 Å². The summed E-state index contributed by atoms with van der Waals surface area (Å²) in [6.45, 7) is 1.14. The Kier molecular flexibility index (Phi) is 3.23. The van der Waals surface area contributed by atoms with Crippen LogP contribution in [0.3, 0.4) is 0 Å². The van der Waals surface area contributed by atoms with Gasteiger partial charge in [0.25, 0.3) is 0 Å². The summed E-state index contributed by atoms with van der Waals surface area (Å²) in [5, 5.41) is 3.64. The summed E-state index contributed by atoms with van der Waals surface area (Å²) in [6.07, 6.45) is 9.59. The third kappa shape index (κ3) is 2.44. The van der Waals surface area contributed by atoms with E-state index in [1.54, 1.807) is 0 Å². The van der Waals surface area contributed by atoms with Gasteiger partial charge in [-0.1, -0.05) is 19.3 Å². The first-order valence-corrected chi connectivity index (χ1v) is 5.85. The molecule has 0 unspecified atom stereocenters. The van der Waals surface area contributed by atoms with Crippen molar-refractivity contribution < 1.29 is 0 Å². The van der Waals surface area contributed by atoms with Crippen molar-refractivity contribution in [2.45, 2.75) is 57.0 Å². The Morgan fingerprint density at radius 3 is 2.46 bits per heavy atom. The van der Waals surface area contributed by atoms with Gasteiger partial charge in [-0.3, -0.25) is 0 Å². The normalized spacial score (nSPS) is 37.6. The van der Waals surface area contributed by atoms with Crippen molar-refractivity contribution in [1.29, 1.82) is 0 Å². The molecule has 2 heteroatoms. The molecule has 76 valence electrons. The van der Waals surface area contributed by atoms with Crippen LogP contribution < -0.4 is 11.1 Å². The highest BCUT2D eigenvalue weighted by Gasteiger charge is 2.27. The highest BCUT2D eigenvalue weighted by Crippen LogP contribution is 2.29. The molecule has 2 aliphatic rings. The fourth-order valence-corrected chi connectivity index (χ4v) is 2.88. The fraction of sp³-hybridized carbons (Fsp3) is 1.00. The molecule has 0 aromatic carbocycles. The standard InChI is InChI=1S/C11H22N2/c12-10-6-7-13-11(8-10)9-4-2-1-3-5-9/h9-11,13H,1-8,12H2/t10-,11+/m1/s1. The van der Waals surface area contributed by atoms with Crippen LogP contribution in [0.5, 0.6) is 0 Å². The molecule has 0 amide bonds. The van der Waals surface area contributed by atoms with Crippen LogP contribution in [0.2, 0.25) is 0 Å². The second kappa shape index (κ2) is 4.43. The zero-order valence-corrected chi connectivity index (χ0v) is 8.47. The largest absolute Gasteiger partial charge is 0.328 e. The summed E-state index contributed by atoms with van der Waals surface area (Å²) < 4.78 is 0. The van der Waals surface area contributed by atoms with E-state index in [9.17, 15) is 0 Å². The fourth-order valence-electron chi connectivity index (χ4n) is 2.88. The summed E-state index contributed by atoms with van der Waals surface area (Å²) >= 11 is 0. The summed E-state index contributed by atoms with van der Waals surface area (Å²) in [6, 6.07) is 1.21. The average molecular weight is 182 g/mol. The molecule has 2 nitrogen and oxygen atoms in total. The molecule has 3 N–H and O–H groups in total. The van der Waals surface area contributed by atoms with Crippen molar-refractivity contribution in [3.8, 4) is 0 Å². The van der Waals surface area contributed by atoms with E-state index in [0.29, 0.717) is 6.04 Å². The van der Waals surface area contributed by atoms with Crippen molar-refractivity contribution in [1.82, 2.24) is 5.32 Å². The Balaban J connectivity index is 1.83. The predicted octanol–water partition coefficient (Wildman–Crippen LogP) is 1.65. The lowest BCUT2D eigenvalue weighted by Gasteiger charge is -2.36. The van der Waals surface area contributed by atoms with E-state index < -0.39 is 0 Å². The molecule has 1 saturated heterocycles. The van der Waals surface area contributed by atoms with E-state index in [-0.39, 0.29) is 0 Å². The molecule has 1 saturated carbocycles. The molecule has 0 aromatic rings. The van der Waals surface area contributed by atoms with Crippen molar-refractivity contribution in [2.24, 2.45) is 11.7 Å². The van der Waals surface area contributed by atoms with Crippen LogP contribution in [0.25, 0.3) is 0 Å². The number of nitrogens with two attached hydrogens (primary N) is 1. The van der Waals surface area contributed by atoms with E-state index in [2.05, 4.69) is 5.32 Å². The number of rotatable bonds is 1. The van der Waals surface area contributed by atoms with Gasteiger partial charge in [0.1, 0.15) is 0 Å². The lowest BCUT2D eigenvalue weighted by molar-refractivity contribution is 0.222. The molecule has 0 bridgehead atoms. The van der Waals surface area contributed by atoms with Gasteiger partial charge in [-0.25, -0.2) is 0 Å². The Morgan fingerprint density at radius 2 is 1.77 bits per heavy atom. The second-order valence-corrected chi connectivity index (χ2v) is 4.74. The minimum Gasteiger partial charge on any atom is -0.328 e. The van der Waals surface area contributed by atoms with Gasteiger partial charge in [0.2, 0.25) is 0 Å². The molecule has 1 heterocycles. The van der Waals surface area contributed by atoms with Gasteiger partial charge >= 0.3 is 0 Å². The third-order valence-corrected chi connectivity index (χ3v) is 3.70. The molecular weight excluding hydrogens is 160 g/mol. The lowest BCUT2D eigenvalue weighted by Crippen LogP contribution is -2.47. The van der Waals surface area contributed by atoms with Gasteiger partial charge in [0.15, 0.2) is 0 Å². The monoisotopic (exact) mass is 182 g/mol. The summed E-state index contributed by atoms with van der Waals surface area (Å²) in [7, 11) is 0. The van der Waals surface area contributed by atoms with E-state index in [1.807, 2.05) is 0 Å². The van der Waals surface area contributed by atoms with E-state index in [0.717, 1.165) is 18.5 Å². The molecule has 0 aromatic heterocycles. The first kappa shape index (κ1) is 9.47. The minimum atomic E-state index is 0.466. The number of hydrogen-bond donors (Lipinski definition) is 2. The van der Waals surface area contributed by atoms with Crippen molar-refractivity contribution in [3.63, 3.8) is 0 Å². The number of nitrogens with one attached hydrogen (secondary N) is 1. The van der Waals surface area contributed by atoms with E-state index >= 15 is 0 Å². The van der Waals surface area contributed by atoms with Gasteiger partial charge in [0, 0.05) is 12.1 Å². The van der Waals surface area contributed by atoms with E-state index in [4.69, 9.17) is 5.73 Å². The van der Waals surface area contributed by atoms with Gasteiger partial charge in [-0.15, -0.1) is 0 Å². The highest BCUT2D eigenvalue weighted by molar-refractivity contribution is 4.86. The zero-order chi connectivity index (χ0) is 9.10. The average Bonchev–Trinajstić information content (AvgIpc) is 2.19. The van der Waals surface area contributed by atoms with Crippen molar-refractivity contribution >= 4 is 0 Å². The first-order chi connectivity index (χ1) is 6.36. The predicted molar refractivity (Wildman–Crippen MR) is 55.6 cm³/mol. The van der Waals surface area contributed by atoms with Crippen LogP contribution in [-0.2, 0) is 0 Å². The van der Waals surface area contributed by atoms with E-state index in [1.165, 1.54) is 44.9 Å². The summed E-state index contributed by atoms with van der Waals surface area (Å²) in [5.74, 6) is 0.931. The molecule has 2 fully saturated rings. The maximum Gasteiger partial charge on any atom is 0.0110 e. The number of hydrogen-bond acceptors (Lipinski definition) is 2. The Bertz CT molecular complexity index is 152. The van der Waals surface area contributed by atoms with Gasteiger partial charge in [-0.05, 0) is 38.1 Å². The smallest absolute Gasteiger partial charge is 0.0110 e. The van der Waals surface area contributed by atoms with Gasteiger partial charge in [0.05, 0.1) is 0 Å². The van der Waals surface area contributed by atoms with Crippen LogP contribution in [-0.4, -0.2) is 18.6 Å². The maximum absolute atomic E-state index is 5.99. The molecule has 13 heavy (non-hydrogen) atoms. The lowest BCUT2D eigenvalue weighted by atomic mass is 9.80. The Labute approximate surface area is 81.3 Å². The van der Waals surface area contributed by atoms with Crippen molar-refractivity contribution in [3.05, 3.63) is 0 Å². The molecule has 0 spiro atoms. The topological polar surface area (TPSA) is 38.0 Å². The quantitative estimate of drug-likeness (QED) is 0.647. The van der Waals surface area contributed by atoms with Gasteiger partial charge < -0.3 is 11.1 Å². The number of piperidine rings is 1. The molecule has 1 aliphatic heterocycles. The summed E-state index contributed by atoms with van der Waals surface area (Å²) in [4.78, 5) is 0. The third-order valence-electron chi connectivity index (χ3n) is 3.70. The molecule has 2 rings (SSSR count). The highest BCUT2D eigenvalue weighted by atomic mass is 14.9. The summed E-state index contributed by atoms with van der Waals surface area (Å²) in [5.41, 5.74) is 5.99. The molecule has 0 radical (unpaired) electrons. The second-order valence-electron chi connectivity index (χ2n) is 4.74. The first-order valence-electron chi connectivity index (χ1n) is 5.85. The Morgan fingerprint density at radius 1 is 1.00 bits per heavy atom. The maximum atomic E-state index is 5.99. The SMILES string of the molecule is N[C@@H]1CCN[C@H](C2CCCCC2)C1. The molecular formula is C11H22N2. The van der Waals surface area contributed by atoms with Gasteiger partial charge in [-0.2, -0.15) is 0 Å².